The molecule has 0 aliphatic rings. The summed E-state index contributed by atoms with van der Waals surface area (Å²) in [6, 6.07) is 6.71. The molecule has 1 rings (SSSR count). The summed E-state index contributed by atoms with van der Waals surface area (Å²) in [5.41, 5.74) is 1.29. The summed E-state index contributed by atoms with van der Waals surface area (Å²) >= 11 is 0. The molecule has 0 radical (unpaired) electrons. The van der Waals surface area contributed by atoms with Gasteiger partial charge in [0.1, 0.15) is 0 Å². The molecule has 0 aliphatic heterocycles. The van der Waals surface area contributed by atoms with Crippen molar-refractivity contribution in [3.05, 3.63) is 52.1 Å². The molecule has 0 amide bonds. The van der Waals surface area contributed by atoms with Crippen LogP contribution in [-0.2, 0) is 6.42 Å². The van der Waals surface area contributed by atoms with E-state index in [1.165, 1.54) is 0 Å². The summed E-state index contributed by atoms with van der Waals surface area (Å²) in [4.78, 5) is 9.99. The molecule has 3 heteroatoms. The average Bonchev–Trinajstić information content (AvgIpc) is 2.19. The molecule has 0 bridgehead atoms. The van der Waals surface area contributed by atoms with Crippen LogP contribution in [0.1, 0.15) is 18.9 Å². The van der Waals surface area contributed by atoms with Crippen molar-refractivity contribution in [1.82, 2.24) is 0 Å². The Bertz CT molecular complexity index is 328. The third-order valence-electron chi connectivity index (χ3n) is 1.98. The predicted molar refractivity (Wildman–Crippen MR) is 56.2 cm³/mol. The Kier molecular flexibility index (Phi) is 3.85. The van der Waals surface area contributed by atoms with E-state index in [1.807, 2.05) is 25.1 Å². The summed E-state index contributed by atoms with van der Waals surface area (Å²) in [5, 5.41) is 10.4. The number of nitrogens with zero attached hydrogens (tertiary/aromatic N) is 1. The molecular weight excluding hydrogens is 178 g/mol. The lowest BCUT2D eigenvalue weighted by Crippen LogP contribution is -1.88. The normalized spacial score (nSPS) is 10.6. The first-order valence-corrected chi connectivity index (χ1v) is 4.58. The van der Waals surface area contributed by atoms with Gasteiger partial charge in [-0.15, -0.1) is 0 Å². The van der Waals surface area contributed by atoms with Gasteiger partial charge in [0, 0.05) is 12.1 Å². The van der Waals surface area contributed by atoms with Crippen molar-refractivity contribution in [2.24, 2.45) is 0 Å². The van der Waals surface area contributed by atoms with Crippen LogP contribution in [0, 0.1) is 10.1 Å². The van der Waals surface area contributed by atoms with Gasteiger partial charge in [0.25, 0.3) is 5.69 Å². The van der Waals surface area contributed by atoms with E-state index in [0.29, 0.717) is 0 Å². The second kappa shape index (κ2) is 5.17. The molecule has 1 aromatic rings. The van der Waals surface area contributed by atoms with Gasteiger partial charge in [-0.1, -0.05) is 24.3 Å². The van der Waals surface area contributed by atoms with Gasteiger partial charge in [0.2, 0.25) is 0 Å². The Hall–Kier alpha value is -1.64. The number of allylic oxidation sites excluding steroid dienone is 2. The van der Waals surface area contributed by atoms with Gasteiger partial charge < -0.3 is 0 Å². The number of rotatable bonds is 4. The minimum Gasteiger partial charge on any atom is -0.258 e. The number of aryl methyl sites for hydroxylation is 1. The summed E-state index contributed by atoms with van der Waals surface area (Å²) in [6.07, 6.45) is 6.00. The highest BCUT2D eigenvalue weighted by Gasteiger charge is 2.02. The van der Waals surface area contributed by atoms with Crippen molar-refractivity contribution in [3.8, 4) is 0 Å². The van der Waals surface area contributed by atoms with Crippen LogP contribution in [0.5, 0.6) is 0 Å². The molecule has 3 nitrogen and oxygen atoms in total. The third-order valence-corrected chi connectivity index (χ3v) is 1.98. The first kappa shape index (κ1) is 10.4. The van der Waals surface area contributed by atoms with Crippen molar-refractivity contribution in [1.29, 1.82) is 0 Å². The lowest BCUT2D eigenvalue weighted by Gasteiger charge is -1.97. The van der Waals surface area contributed by atoms with E-state index in [4.69, 9.17) is 0 Å². The van der Waals surface area contributed by atoms with Crippen LogP contribution in [0.3, 0.4) is 0 Å². The molecule has 0 saturated carbocycles. The van der Waals surface area contributed by atoms with E-state index < -0.39 is 0 Å². The average molecular weight is 191 g/mol. The Morgan fingerprint density at radius 2 is 2.00 bits per heavy atom. The monoisotopic (exact) mass is 191 g/mol. The molecule has 0 heterocycles. The maximum absolute atomic E-state index is 10.4. The van der Waals surface area contributed by atoms with Crippen LogP contribution in [-0.4, -0.2) is 4.92 Å². The van der Waals surface area contributed by atoms with Crippen LogP contribution in [0.2, 0.25) is 0 Å². The van der Waals surface area contributed by atoms with Crippen LogP contribution < -0.4 is 0 Å². The number of non-ortho nitro benzene ring substituents is 1. The highest BCUT2D eigenvalue weighted by Crippen LogP contribution is 2.13. The van der Waals surface area contributed by atoms with Crippen molar-refractivity contribution in [2.45, 2.75) is 19.8 Å². The molecule has 14 heavy (non-hydrogen) atoms. The summed E-state index contributed by atoms with van der Waals surface area (Å²) in [6.45, 7) is 1.98. The molecule has 1 aromatic carbocycles. The molecule has 0 unspecified atom stereocenters. The Morgan fingerprint density at radius 3 is 2.50 bits per heavy atom. The quantitative estimate of drug-likeness (QED) is 0.417. The molecule has 0 N–H and O–H groups in total. The van der Waals surface area contributed by atoms with E-state index in [9.17, 15) is 10.1 Å². The van der Waals surface area contributed by atoms with Crippen molar-refractivity contribution in [2.75, 3.05) is 0 Å². The molecule has 0 atom stereocenters. The molecule has 0 aliphatic carbocycles. The fourth-order valence-corrected chi connectivity index (χ4v) is 1.20. The zero-order valence-electron chi connectivity index (χ0n) is 8.14. The Balaban J connectivity index is 2.59. The maximum atomic E-state index is 10.4. The van der Waals surface area contributed by atoms with Crippen LogP contribution in [0.15, 0.2) is 36.4 Å². The first-order valence-electron chi connectivity index (χ1n) is 4.58. The zero-order chi connectivity index (χ0) is 10.4. The van der Waals surface area contributed by atoms with E-state index in [-0.39, 0.29) is 10.6 Å². The van der Waals surface area contributed by atoms with E-state index in [1.54, 1.807) is 12.1 Å². The van der Waals surface area contributed by atoms with Crippen LogP contribution in [0.4, 0.5) is 5.69 Å². The Morgan fingerprint density at radius 1 is 1.36 bits per heavy atom. The maximum Gasteiger partial charge on any atom is 0.269 e. The molecule has 0 fully saturated rings. The van der Waals surface area contributed by atoms with Gasteiger partial charge >= 0.3 is 0 Å². The minimum absolute atomic E-state index is 0.153. The van der Waals surface area contributed by atoms with E-state index >= 15 is 0 Å². The molecule has 0 saturated heterocycles. The fraction of sp³-hybridized carbons (Fsp3) is 0.273. The first-order chi connectivity index (χ1) is 6.74. The molecule has 0 aromatic heterocycles. The number of nitro groups is 1. The van der Waals surface area contributed by atoms with E-state index in [0.717, 1.165) is 18.4 Å². The van der Waals surface area contributed by atoms with Gasteiger partial charge in [-0.05, 0) is 25.3 Å². The second-order valence-electron chi connectivity index (χ2n) is 3.03. The smallest absolute Gasteiger partial charge is 0.258 e. The Labute approximate surface area is 83.2 Å². The van der Waals surface area contributed by atoms with Gasteiger partial charge in [0.05, 0.1) is 4.92 Å². The summed E-state index contributed by atoms with van der Waals surface area (Å²) in [7, 11) is 0. The van der Waals surface area contributed by atoms with Crippen molar-refractivity contribution < 1.29 is 4.92 Å². The molecular formula is C11H13NO2. The number of hydrogen-bond acceptors (Lipinski definition) is 2. The predicted octanol–water partition coefficient (Wildman–Crippen LogP) is 3.10. The van der Waals surface area contributed by atoms with Gasteiger partial charge in [-0.25, -0.2) is 0 Å². The van der Waals surface area contributed by atoms with Crippen LogP contribution in [0.25, 0.3) is 0 Å². The van der Waals surface area contributed by atoms with Gasteiger partial charge in [-0.3, -0.25) is 10.1 Å². The number of nitro benzene ring substituents is 1. The topological polar surface area (TPSA) is 43.1 Å². The lowest BCUT2D eigenvalue weighted by atomic mass is 10.1. The van der Waals surface area contributed by atoms with Crippen LogP contribution >= 0.6 is 0 Å². The third kappa shape index (κ3) is 3.01. The molecule has 74 valence electrons. The number of hydrogen-bond donors (Lipinski definition) is 0. The zero-order valence-corrected chi connectivity index (χ0v) is 8.14. The molecule has 0 spiro atoms. The highest BCUT2D eigenvalue weighted by atomic mass is 16.6. The van der Waals surface area contributed by atoms with E-state index in [2.05, 4.69) is 6.08 Å². The highest BCUT2D eigenvalue weighted by molar-refractivity contribution is 5.32. The lowest BCUT2D eigenvalue weighted by molar-refractivity contribution is -0.384. The summed E-state index contributed by atoms with van der Waals surface area (Å²) in [5.74, 6) is 0. The van der Waals surface area contributed by atoms with Crippen molar-refractivity contribution in [3.63, 3.8) is 0 Å². The fourth-order valence-electron chi connectivity index (χ4n) is 1.20. The van der Waals surface area contributed by atoms with Gasteiger partial charge in [0.15, 0.2) is 0 Å². The number of benzene rings is 1. The SMILES string of the molecule is C/C=C\CCc1ccc([N+](=O)[O-])cc1. The second-order valence-corrected chi connectivity index (χ2v) is 3.03. The van der Waals surface area contributed by atoms with Gasteiger partial charge in [-0.2, -0.15) is 0 Å². The minimum atomic E-state index is -0.379. The van der Waals surface area contributed by atoms with Crippen molar-refractivity contribution >= 4 is 5.69 Å². The standard InChI is InChI=1S/C11H13NO2/c1-2-3-4-5-10-6-8-11(9-7-10)12(13)14/h2-3,6-9H,4-5H2,1H3/b3-2-. The summed E-state index contributed by atoms with van der Waals surface area (Å²) < 4.78 is 0. The largest absolute Gasteiger partial charge is 0.269 e.